The summed E-state index contributed by atoms with van der Waals surface area (Å²) in [4.78, 5) is 12.6. The van der Waals surface area contributed by atoms with Gasteiger partial charge in [0, 0.05) is 12.0 Å². The van der Waals surface area contributed by atoms with Crippen molar-refractivity contribution in [1.29, 1.82) is 0 Å². The predicted molar refractivity (Wildman–Crippen MR) is 106 cm³/mol. The second kappa shape index (κ2) is 9.05. The van der Waals surface area contributed by atoms with E-state index >= 15 is 0 Å². The quantitative estimate of drug-likeness (QED) is 0.631. The Morgan fingerprint density at radius 3 is 2.23 bits per heavy atom. The summed E-state index contributed by atoms with van der Waals surface area (Å²) in [6, 6.07) is 13.4. The molecule has 1 N–H and O–H groups in total. The van der Waals surface area contributed by atoms with Crippen LogP contribution in [0.2, 0.25) is 0 Å². The van der Waals surface area contributed by atoms with Crippen molar-refractivity contribution in [3.63, 3.8) is 0 Å². The van der Waals surface area contributed by atoms with Gasteiger partial charge in [0.2, 0.25) is 5.72 Å². The molecule has 166 valence electrons. The number of ether oxygens (including phenoxy) is 1. The van der Waals surface area contributed by atoms with Gasteiger partial charge in [-0.3, -0.25) is 4.79 Å². The van der Waals surface area contributed by atoms with E-state index in [1.165, 1.54) is 17.7 Å². The van der Waals surface area contributed by atoms with E-state index < -0.39 is 36.6 Å². The smallest absolute Gasteiger partial charge is 0.287 e. The van der Waals surface area contributed by atoms with Crippen LogP contribution in [0, 0.1) is 0 Å². The van der Waals surface area contributed by atoms with Gasteiger partial charge in [0.1, 0.15) is 18.1 Å². The summed E-state index contributed by atoms with van der Waals surface area (Å²) in [5, 5.41) is 13.4. The monoisotopic (exact) mass is 438 g/mol. The van der Waals surface area contributed by atoms with Crippen LogP contribution in [-0.2, 0) is 6.61 Å². The van der Waals surface area contributed by atoms with Crippen LogP contribution >= 0.6 is 0 Å². The zero-order valence-corrected chi connectivity index (χ0v) is 16.9. The van der Waals surface area contributed by atoms with Crippen molar-refractivity contribution in [2.45, 2.75) is 51.4 Å². The number of carbonyl (C=O) groups excluding carboxylic acids is 1. The van der Waals surface area contributed by atoms with Crippen molar-refractivity contribution in [2.75, 3.05) is 0 Å². The fourth-order valence-electron chi connectivity index (χ4n) is 3.08. The SMILES string of the molecule is CC(C)c1ccc(OCc2ccc(C(=O)N3N=C(C(F)F)C[C@@]3(O)C(F)F)cc2)cc1. The van der Waals surface area contributed by atoms with Crippen molar-refractivity contribution < 1.29 is 32.2 Å². The minimum Gasteiger partial charge on any atom is -0.489 e. The molecule has 0 saturated carbocycles. The number of hydrogen-bond acceptors (Lipinski definition) is 4. The molecule has 0 aromatic heterocycles. The molecule has 1 amide bonds. The van der Waals surface area contributed by atoms with Gasteiger partial charge in [-0.05, 0) is 41.3 Å². The number of alkyl halides is 4. The highest BCUT2D eigenvalue weighted by molar-refractivity contribution is 5.99. The Balaban J connectivity index is 1.69. The molecule has 0 fully saturated rings. The number of benzene rings is 2. The number of halogens is 4. The fourth-order valence-corrected chi connectivity index (χ4v) is 3.08. The summed E-state index contributed by atoms with van der Waals surface area (Å²) >= 11 is 0. The number of hydrogen-bond donors (Lipinski definition) is 1. The van der Waals surface area contributed by atoms with Crippen LogP contribution in [0.25, 0.3) is 0 Å². The van der Waals surface area contributed by atoms with E-state index in [-0.39, 0.29) is 17.2 Å². The summed E-state index contributed by atoms with van der Waals surface area (Å²) in [6.07, 6.45) is -7.74. The van der Waals surface area contributed by atoms with E-state index in [9.17, 15) is 27.5 Å². The molecule has 1 heterocycles. The number of nitrogens with zero attached hydrogens (tertiary/aromatic N) is 2. The lowest BCUT2D eigenvalue weighted by atomic mass is 10.0. The first-order chi connectivity index (χ1) is 14.6. The number of aliphatic hydroxyl groups is 1. The molecule has 9 heteroatoms. The van der Waals surface area contributed by atoms with Gasteiger partial charge in [-0.25, -0.2) is 17.6 Å². The van der Waals surface area contributed by atoms with E-state index in [1.54, 1.807) is 12.1 Å². The van der Waals surface area contributed by atoms with Gasteiger partial charge < -0.3 is 9.84 Å². The molecule has 0 aliphatic carbocycles. The van der Waals surface area contributed by atoms with Gasteiger partial charge in [0.15, 0.2) is 0 Å². The second-order valence-electron chi connectivity index (χ2n) is 7.57. The van der Waals surface area contributed by atoms with Gasteiger partial charge in [0.25, 0.3) is 18.8 Å². The lowest BCUT2D eigenvalue weighted by Gasteiger charge is -2.30. The zero-order chi connectivity index (χ0) is 22.8. The molecule has 0 bridgehead atoms. The maximum absolute atomic E-state index is 13.3. The van der Waals surface area contributed by atoms with Crippen LogP contribution in [0.1, 0.15) is 47.7 Å². The van der Waals surface area contributed by atoms with E-state index in [4.69, 9.17) is 4.74 Å². The van der Waals surface area contributed by atoms with E-state index in [2.05, 4.69) is 18.9 Å². The molecule has 0 radical (unpaired) electrons. The molecule has 0 unspecified atom stereocenters. The molecule has 0 spiro atoms. The predicted octanol–water partition coefficient (Wildman–Crippen LogP) is 4.81. The Morgan fingerprint density at radius 2 is 1.71 bits per heavy atom. The number of rotatable bonds is 7. The highest BCUT2D eigenvalue weighted by atomic mass is 19.3. The molecule has 1 aliphatic rings. The fraction of sp³-hybridized carbons (Fsp3) is 0.364. The average molecular weight is 438 g/mol. The largest absolute Gasteiger partial charge is 0.489 e. The van der Waals surface area contributed by atoms with Crippen molar-refractivity contribution in [3.05, 3.63) is 65.2 Å². The Kier molecular flexibility index (Phi) is 6.64. The Bertz CT molecular complexity index is 946. The van der Waals surface area contributed by atoms with Crippen molar-refractivity contribution >= 4 is 11.6 Å². The van der Waals surface area contributed by atoms with E-state index in [1.807, 2.05) is 24.3 Å². The normalized spacial score (nSPS) is 18.8. The molecule has 1 atom stereocenters. The molecular formula is C22H22F4N2O3. The minimum atomic E-state index is -3.47. The summed E-state index contributed by atoms with van der Waals surface area (Å²) in [5.41, 5.74) is -2.27. The van der Waals surface area contributed by atoms with E-state index in [0.717, 1.165) is 0 Å². The van der Waals surface area contributed by atoms with Gasteiger partial charge in [-0.1, -0.05) is 38.1 Å². The van der Waals surface area contributed by atoms with Crippen molar-refractivity contribution in [1.82, 2.24) is 5.01 Å². The molecule has 2 aromatic carbocycles. The summed E-state index contributed by atoms with van der Waals surface area (Å²) < 4.78 is 58.1. The zero-order valence-electron chi connectivity index (χ0n) is 16.9. The summed E-state index contributed by atoms with van der Waals surface area (Å²) in [6.45, 7) is 4.37. The van der Waals surface area contributed by atoms with Gasteiger partial charge >= 0.3 is 0 Å². The summed E-state index contributed by atoms with van der Waals surface area (Å²) in [7, 11) is 0. The van der Waals surface area contributed by atoms with Crippen LogP contribution in [-0.4, -0.2) is 40.3 Å². The van der Waals surface area contributed by atoms with Crippen molar-refractivity contribution in [3.8, 4) is 5.75 Å². The second-order valence-corrected chi connectivity index (χ2v) is 7.57. The third-order valence-corrected chi connectivity index (χ3v) is 4.98. The Hall–Kier alpha value is -2.94. The van der Waals surface area contributed by atoms with Crippen molar-refractivity contribution in [2.24, 2.45) is 5.10 Å². The Labute approximate surface area is 176 Å². The first-order valence-corrected chi connectivity index (χ1v) is 9.64. The third kappa shape index (κ3) is 4.87. The molecule has 5 nitrogen and oxygen atoms in total. The first-order valence-electron chi connectivity index (χ1n) is 9.64. The molecular weight excluding hydrogens is 416 g/mol. The van der Waals surface area contributed by atoms with Crippen LogP contribution < -0.4 is 4.74 Å². The van der Waals surface area contributed by atoms with Gasteiger partial charge in [0.05, 0.1) is 0 Å². The van der Waals surface area contributed by atoms with E-state index in [0.29, 0.717) is 17.2 Å². The standard InChI is InChI=1S/C22H22F4N2O3/c1-13(2)15-7-9-17(10-8-15)31-12-14-3-5-16(6-4-14)20(29)28-22(30,21(25)26)11-18(27-28)19(23)24/h3-10,13,19,21,30H,11-12H2,1-2H3/t22-/m1/s1. The summed E-state index contributed by atoms with van der Waals surface area (Å²) in [5.74, 6) is -0.0359. The topological polar surface area (TPSA) is 62.1 Å². The highest BCUT2D eigenvalue weighted by Gasteiger charge is 2.53. The van der Waals surface area contributed by atoms with Crippen LogP contribution in [0.15, 0.2) is 53.6 Å². The number of amides is 1. The minimum absolute atomic E-state index is 0.0426. The lowest BCUT2D eigenvalue weighted by molar-refractivity contribution is -0.164. The molecule has 1 aliphatic heterocycles. The molecule has 0 saturated heterocycles. The van der Waals surface area contributed by atoms with Crippen LogP contribution in [0.5, 0.6) is 5.75 Å². The highest BCUT2D eigenvalue weighted by Crippen LogP contribution is 2.34. The van der Waals surface area contributed by atoms with Gasteiger partial charge in [-0.15, -0.1) is 0 Å². The maximum Gasteiger partial charge on any atom is 0.287 e. The first kappa shape index (κ1) is 22.7. The molecule has 3 rings (SSSR count). The number of hydrazone groups is 1. The lowest BCUT2D eigenvalue weighted by Crippen LogP contribution is -2.51. The number of carbonyl (C=O) groups is 1. The van der Waals surface area contributed by atoms with Crippen LogP contribution in [0.4, 0.5) is 17.6 Å². The maximum atomic E-state index is 13.3. The average Bonchev–Trinajstić information content (AvgIpc) is 3.12. The Morgan fingerprint density at radius 1 is 1.10 bits per heavy atom. The molecule has 31 heavy (non-hydrogen) atoms. The molecule has 2 aromatic rings. The third-order valence-electron chi connectivity index (χ3n) is 4.98. The van der Waals surface area contributed by atoms with Gasteiger partial charge in [-0.2, -0.15) is 10.1 Å². The van der Waals surface area contributed by atoms with Crippen LogP contribution in [0.3, 0.4) is 0 Å².